The molecular formula is C22H17BrN2. The van der Waals surface area contributed by atoms with Crippen molar-refractivity contribution in [3.8, 4) is 5.69 Å². The molecule has 0 saturated carbocycles. The second kappa shape index (κ2) is 6.69. The molecule has 0 atom stereocenters. The number of halogens is 1. The molecule has 3 heteroatoms. The standard InChI is InChI=1S/C22H17BrN2/c1-16-13-19(9-11-22(16)23)24-15-21-7-4-12-25(21)20-10-8-17-5-2-3-6-18(17)14-20/h2-15H,1H3. The van der Waals surface area contributed by atoms with Crippen molar-refractivity contribution in [1.82, 2.24) is 4.57 Å². The summed E-state index contributed by atoms with van der Waals surface area (Å²) in [7, 11) is 0. The summed E-state index contributed by atoms with van der Waals surface area (Å²) in [4.78, 5) is 4.63. The number of aryl methyl sites for hydroxylation is 1. The monoisotopic (exact) mass is 388 g/mol. The smallest absolute Gasteiger partial charge is 0.0639 e. The maximum atomic E-state index is 4.63. The van der Waals surface area contributed by atoms with Crippen LogP contribution in [0, 0.1) is 6.92 Å². The Bertz CT molecular complexity index is 1080. The highest BCUT2D eigenvalue weighted by Crippen LogP contribution is 2.23. The molecule has 1 aromatic heterocycles. The van der Waals surface area contributed by atoms with Crippen LogP contribution >= 0.6 is 15.9 Å². The second-order valence-corrected chi connectivity index (χ2v) is 6.88. The molecule has 0 aliphatic carbocycles. The third kappa shape index (κ3) is 3.28. The molecule has 122 valence electrons. The minimum atomic E-state index is 0.951. The first-order valence-electron chi connectivity index (χ1n) is 8.17. The first-order chi connectivity index (χ1) is 12.2. The lowest BCUT2D eigenvalue weighted by molar-refractivity contribution is 1.07. The highest BCUT2D eigenvalue weighted by molar-refractivity contribution is 9.10. The van der Waals surface area contributed by atoms with Gasteiger partial charge in [-0.2, -0.15) is 0 Å². The van der Waals surface area contributed by atoms with Crippen LogP contribution in [0.4, 0.5) is 5.69 Å². The summed E-state index contributed by atoms with van der Waals surface area (Å²) < 4.78 is 3.26. The average molecular weight is 389 g/mol. The predicted molar refractivity (Wildman–Crippen MR) is 109 cm³/mol. The molecular weight excluding hydrogens is 372 g/mol. The fourth-order valence-electron chi connectivity index (χ4n) is 2.91. The number of aliphatic imine (C=N–C) groups is 1. The number of aromatic nitrogens is 1. The predicted octanol–water partition coefficient (Wildman–Crippen LogP) is 6.45. The van der Waals surface area contributed by atoms with Gasteiger partial charge in [0.05, 0.1) is 17.6 Å². The molecule has 0 fully saturated rings. The van der Waals surface area contributed by atoms with Gasteiger partial charge in [0, 0.05) is 16.4 Å². The molecule has 0 aliphatic heterocycles. The van der Waals surface area contributed by atoms with Crippen LogP contribution in [-0.2, 0) is 0 Å². The van der Waals surface area contributed by atoms with E-state index in [1.165, 1.54) is 16.3 Å². The molecule has 0 amide bonds. The molecule has 0 unspecified atom stereocenters. The topological polar surface area (TPSA) is 17.3 Å². The summed E-state index contributed by atoms with van der Waals surface area (Å²) in [5, 5.41) is 2.49. The van der Waals surface area contributed by atoms with E-state index < -0.39 is 0 Å². The van der Waals surface area contributed by atoms with Gasteiger partial charge in [-0.1, -0.05) is 46.3 Å². The van der Waals surface area contributed by atoms with E-state index in [1.54, 1.807) is 0 Å². The van der Waals surface area contributed by atoms with Crippen LogP contribution in [-0.4, -0.2) is 10.8 Å². The fourth-order valence-corrected chi connectivity index (χ4v) is 3.16. The van der Waals surface area contributed by atoms with Crippen LogP contribution in [0.3, 0.4) is 0 Å². The van der Waals surface area contributed by atoms with E-state index in [4.69, 9.17) is 0 Å². The zero-order valence-corrected chi connectivity index (χ0v) is 15.4. The van der Waals surface area contributed by atoms with Crippen LogP contribution in [0.2, 0.25) is 0 Å². The molecule has 0 bridgehead atoms. The van der Waals surface area contributed by atoms with Gasteiger partial charge in [0.1, 0.15) is 0 Å². The Hall–Kier alpha value is -2.65. The minimum absolute atomic E-state index is 0.951. The minimum Gasteiger partial charge on any atom is -0.316 e. The second-order valence-electron chi connectivity index (χ2n) is 6.03. The Balaban J connectivity index is 1.69. The number of rotatable bonds is 3. The lowest BCUT2D eigenvalue weighted by Gasteiger charge is -2.08. The Labute approximate surface area is 155 Å². The van der Waals surface area contributed by atoms with Crippen molar-refractivity contribution in [2.75, 3.05) is 0 Å². The van der Waals surface area contributed by atoms with Crippen molar-refractivity contribution in [3.05, 3.63) is 94.7 Å². The molecule has 0 radical (unpaired) electrons. The number of nitrogens with zero attached hydrogens (tertiary/aromatic N) is 2. The van der Waals surface area contributed by atoms with E-state index in [1.807, 2.05) is 24.4 Å². The molecule has 0 saturated heterocycles. The van der Waals surface area contributed by atoms with Crippen LogP contribution in [0.5, 0.6) is 0 Å². The van der Waals surface area contributed by atoms with E-state index in [-0.39, 0.29) is 0 Å². The summed E-state index contributed by atoms with van der Waals surface area (Å²) >= 11 is 3.53. The lowest BCUT2D eigenvalue weighted by atomic mass is 10.1. The van der Waals surface area contributed by atoms with E-state index in [0.29, 0.717) is 0 Å². The molecule has 3 aromatic carbocycles. The van der Waals surface area contributed by atoms with E-state index in [9.17, 15) is 0 Å². The molecule has 0 N–H and O–H groups in total. The van der Waals surface area contributed by atoms with Crippen LogP contribution in [0.25, 0.3) is 16.5 Å². The van der Waals surface area contributed by atoms with E-state index in [2.05, 4.69) is 93.2 Å². The summed E-state index contributed by atoms with van der Waals surface area (Å²) in [6.45, 7) is 2.07. The van der Waals surface area contributed by atoms with E-state index >= 15 is 0 Å². The summed E-state index contributed by atoms with van der Waals surface area (Å²) in [5.41, 5.74) is 4.32. The van der Waals surface area contributed by atoms with Gasteiger partial charge in [0.2, 0.25) is 0 Å². The Kier molecular flexibility index (Phi) is 4.24. The molecule has 2 nitrogen and oxygen atoms in total. The third-order valence-corrected chi connectivity index (χ3v) is 5.17. The molecule has 4 aromatic rings. The first-order valence-corrected chi connectivity index (χ1v) is 8.97. The van der Waals surface area contributed by atoms with Crippen molar-refractivity contribution >= 4 is 38.6 Å². The maximum absolute atomic E-state index is 4.63. The fraction of sp³-hybridized carbons (Fsp3) is 0.0455. The van der Waals surface area contributed by atoms with Crippen LogP contribution in [0.15, 0.2) is 88.5 Å². The van der Waals surface area contributed by atoms with Gasteiger partial charge in [-0.3, -0.25) is 4.99 Å². The van der Waals surface area contributed by atoms with Gasteiger partial charge in [-0.05, 0) is 65.7 Å². The van der Waals surface area contributed by atoms with Crippen molar-refractivity contribution < 1.29 is 0 Å². The molecule has 1 heterocycles. The SMILES string of the molecule is Cc1cc(N=Cc2cccn2-c2ccc3ccccc3c2)ccc1Br. The van der Waals surface area contributed by atoms with Gasteiger partial charge in [-0.25, -0.2) is 0 Å². The zero-order valence-electron chi connectivity index (χ0n) is 13.9. The number of benzene rings is 3. The quantitative estimate of drug-likeness (QED) is 0.358. The van der Waals surface area contributed by atoms with Gasteiger partial charge in [0.25, 0.3) is 0 Å². The van der Waals surface area contributed by atoms with Crippen molar-refractivity contribution in [2.24, 2.45) is 4.99 Å². The average Bonchev–Trinajstić information content (AvgIpc) is 3.11. The summed E-state index contributed by atoms with van der Waals surface area (Å²) in [5.74, 6) is 0. The van der Waals surface area contributed by atoms with Crippen LogP contribution < -0.4 is 0 Å². The number of hydrogen-bond acceptors (Lipinski definition) is 1. The zero-order chi connectivity index (χ0) is 17.2. The highest BCUT2D eigenvalue weighted by atomic mass is 79.9. The van der Waals surface area contributed by atoms with Crippen molar-refractivity contribution in [1.29, 1.82) is 0 Å². The van der Waals surface area contributed by atoms with Gasteiger partial charge < -0.3 is 4.57 Å². The molecule has 0 spiro atoms. The van der Waals surface area contributed by atoms with Gasteiger partial charge in [0.15, 0.2) is 0 Å². The summed E-state index contributed by atoms with van der Waals surface area (Å²) in [6.07, 6.45) is 3.98. The summed E-state index contributed by atoms with van der Waals surface area (Å²) in [6, 6.07) is 25.1. The van der Waals surface area contributed by atoms with Gasteiger partial charge in [-0.15, -0.1) is 0 Å². The molecule has 25 heavy (non-hydrogen) atoms. The third-order valence-electron chi connectivity index (χ3n) is 4.28. The van der Waals surface area contributed by atoms with Crippen LogP contribution in [0.1, 0.15) is 11.3 Å². The largest absolute Gasteiger partial charge is 0.316 e. The number of fused-ring (bicyclic) bond motifs is 1. The molecule has 4 rings (SSSR count). The highest BCUT2D eigenvalue weighted by Gasteiger charge is 2.03. The lowest BCUT2D eigenvalue weighted by Crippen LogP contribution is -1.97. The Morgan fingerprint density at radius 2 is 1.72 bits per heavy atom. The first kappa shape index (κ1) is 15.9. The molecule has 0 aliphatic rings. The number of hydrogen-bond donors (Lipinski definition) is 0. The Morgan fingerprint density at radius 1 is 0.880 bits per heavy atom. The Morgan fingerprint density at radius 3 is 2.56 bits per heavy atom. The normalized spacial score (nSPS) is 11.4. The maximum Gasteiger partial charge on any atom is 0.0639 e. The van der Waals surface area contributed by atoms with E-state index in [0.717, 1.165) is 21.5 Å². The van der Waals surface area contributed by atoms with Crippen molar-refractivity contribution in [3.63, 3.8) is 0 Å². The van der Waals surface area contributed by atoms with Crippen molar-refractivity contribution in [2.45, 2.75) is 6.92 Å². The van der Waals surface area contributed by atoms with Gasteiger partial charge >= 0.3 is 0 Å².